The predicted octanol–water partition coefficient (Wildman–Crippen LogP) is 3.76. The molecule has 3 N–H and O–H groups in total. The minimum atomic E-state index is -2.25. The van der Waals surface area contributed by atoms with E-state index in [9.17, 15) is 14.7 Å². The van der Waals surface area contributed by atoms with E-state index in [0.717, 1.165) is 36.4 Å². The Morgan fingerprint density at radius 2 is 2.05 bits per heavy atom. The summed E-state index contributed by atoms with van der Waals surface area (Å²) in [5.74, 6) is 0.433. The number of fused-ring (bicyclic) bond motifs is 2. The molecule has 2 aromatic carbocycles. The van der Waals surface area contributed by atoms with E-state index in [1.807, 2.05) is 30.3 Å². The van der Waals surface area contributed by atoms with Gasteiger partial charge in [0.25, 0.3) is 5.91 Å². The Bertz CT molecular complexity index is 1290. The van der Waals surface area contributed by atoms with Crippen LogP contribution in [-0.4, -0.2) is 64.4 Å². The van der Waals surface area contributed by atoms with Gasteiger partial charge >= 0.3 is 0 Å². The first-order chi connectivity index (χ1) is 19.7. The van der Waals surface area contributed by atoms with Crippen molar-refractivity contribution in [3.8, 4) is 5.75 Å². The lowest BCUT2D eigenvalue weighted by Crippen LogP contribution is -2.51. The van der Waals surface area contributed by atoms with Gasteiger partial charge in [-0.15, -0.1) is 6.58 Å². The Hall–Kier alpha value is -2.98. The molecular formula is C32H43N3O5Si. The number of aliphatic hydroxyl groups is 1. The predicted molar refractivity (Wildman–Crippen MR) is 164 cm³/mol. The van der Waals surface area contributed by atoms with Gasteiger partial charge in [0.15, 0.2) is 5.60 Å². The van der Waals surface area contributed by atoms with E-state index < -0.39 is 13.7 Å². The number of nitrogens with one attached hydrogen (secondary N) is 2. The third-order valence-electron chi connectivity index (χ3n) is 9.50. The Labute approximate surface area is 244 Å². The number of carbonyl (C=O) groups is 2. The zero-order valence-electron chi connectivity index (χ0n) is 24.6. The first kappa shape index (κ1) is 29.5. The fourth-order valence-electron chi connectivity index (χ4n) is 7.42. The molecule has 0 bridgehead atoms. The van der Waals surface area contributed by atoms with Crippen LogP contribution >= 0.6 is 0 Å². The normalized spacial score (nSPS) is 27.6. The minimum Gasteiger partial charge on any atom is -0.497 e. The van der Waals surface area contributed by atoms with E-state index in [0.29, 0.717) is 25.2 Å². The van der Waals surface area contributed by atoms with Gasteiger partial charge in [0, 0.05) is 36.9 Å². The molecule has 5 rings (SSSR count). The van der Waals surface area contributed by atoms with Crippen LogP contribution < -0.4 is 25.5 Å². The third-order valence-corrected chi connectivity index (χ3v) is 13.9. The number of ether oxygens (including phenoxy) is 2. The Morgan fingerprint density at radius 1 is 1.29 bits per heavy atom. The lowest BCUT2D eigenvalue weighted by atomic mass is 9.82. The molecule has 41 heavy (non-hydrogen) atoms. The van der Waals surface area contributed by atoms with Crippen LogP contribution in [0.2, 0.25) is 18.6 Å². The number of piperidine rings is 1. The van der Waals surface area contributed by atoms with Crippen molar-refractivity contribution in [2.24, 2.45) is 11.8 Å². The zero-order valence-corrected chi connectivity index (χ0v) is 25.6. The smallest absolute Gasteiger partial charge is 0.264 e. The number of hydrogen-bond donors (Lipinski definition) is 3. The fraction of sp³-hybridized carbons (Fsp3) is 0.500. The number of carbonyl (C=O) groups excluding carboxylic acids is 2. The molecule has 2 aromatic rings. The second kappa shape index (κ2) is 11.7. The monoisotopic (exact) mass is 577 g/mol. The van der Waals surface area contributed by atoms with Crippen LogP contribution in [0.25, 0.3) is 0 Å². The van der Waals surface area contributed by atoms with E-state index in [1.54, 1.807) is 18.1 Å². The lowest BCUT2D eigenvalue weighted by Gasteiger charge is -2.37. The zero-order chi connectivity index (χ0) is 29.4. The Balaban J connectivity index is 1.56. The van der Waals surface area contributed by atoms with Gasteiger partial charge in [0.2, 0.25) is 5.91 Å². The van der Waals surface area contributed by atoms with E-state index in [1.165, 1.54) is 5.19 Å². The first-order valence-corrected chi connectivity index (χ1v) is 17.8. The van der Waals surface area contributed by atoms with Crippen molar-refractivity contribution in [1.29, 1.82) is 0 Å². The summed E-state index contributed by atoms with van der Waals surface area (Å²) in [6.07, 6.45) is 3.70. The summed E-state index contributed by atoms with van der Waals surface area (Å²) in [5.41, 5.74) is 1.06. The SMILES string of the molecule is C=CCN1C(=O)[C@]2(O[C@H](CCO)[C@@H]([Si](C)(C)c3ccc(OC)cc3)[C@@H]2C)c2cc(NC(=O)C3CCCNC3)ccc21. The second-order valence-electron chi connectivity index (χ2n) is 12.1. The van der Waals surface area contributed by atoms with Crippen molar-refractivity contribution >= 4 is 36.4 Å². The summed E-state index contributed by atoms with van der Waals surface area (Å²) in [5, 5.41) is 17.7. The highest BCUT2D eigenvalue weighted by Gasteiger charge is 2.66. The molecule has 3 aliphatic rings. The highest BCUT2D eigenvalue weighted by Crippen LogP contribution is 2.60. The topological polar surface area (TPSA) is 100 Å². The molecular weight excluding hydrogens is 534 g/mol. The number of rotatable bonds is 9. The molecule has 9 heteroatoms. The maximum absolute atomic E-state index is 14.4. The van der Waals surface area contributed by atoms with Gasteiger partial charge < -0.3 is 30.1 Å². The number of amides is 2. The van der Waals surface area contributed by atoms with Gasteiger partial charge in [-0.1, -0.05) is 43.4 Å². The maximum Gasteiger partial charge on any atom is 0.264 e. The summed E-state index contributed by atoms with van der Waals surface area (Å²) < 4.78 is 12.3. The molecule has 1 unspecified atom stereocenters. The molecule has 2 saturated heterocycles. The van der Waals surface area contributed by atoms with Crippen LogP contribution in [0, 0.1) is 11.8 Å². The van der Waals surface area contributed by atoms with Crippen LogP contribution in [0.4, 0.5) is 11.4 Å². The lowest BCUT2D eigenvalue weighted by molar-refractivity contribution is -0.146. The van der Waals surface area contributed by atoms with Gasteiger partial charge in [0.1, 0.15) is 5.75 Å². The number of hydrogen-bond acceptors (Lipinski definition) is 6. The third kappa shape index (κ3) is 5.03. The molecule has 0 radical (unpaired) electrons. The van der Waals surface area contributed by atoms with Gasteiger partial charge in [-0.2, -0.15) is 0 Å². The number of anilines is 2. The molecule has 0 aliphatic carbocycles. The highest BCUT2D eigenvalue weighted by molar-refractivity contribution is 6.91. The minimum absolute atomic E-state index is 0.0112. The van der Waals surface area contributed by atoms with Gasteiger partial charge in [-0.3, -0.25) is 9.59 Å². The quantitative estimate of drug-likeness (QED) is 0.310. The summed E-state index contributed by atoms with van der Waals surface area (Å²) in [7, 11) is -0.593. The fourth-order valence-corrected chi connectivity index (χ4v) is 11.5. The van der Waals surface area contributed by atoms with Crippen LogP contribution in [0.15, 0.2) is 55.1 Å². The van der Waals surface area contributed by atoms with Crippen molar-refractivity contribution < 1.29 is 24.2 Å². The largest absolute Gasteiger partial charge is 0.497 e. The summed E-state index contributed by atoms with van der Waals surface area (Å²) >= 11 is 0. The van der Waals surface area contributed by atoms with Crippen LogP contribution in [0.1, 0.15) is 31.7 Å². The molecule has 0 aromatic heterocycles. The Morgan fingerprint density at radius 3 is 2.68 bits per heavy atom. The standard InChI is InChI=1S/C32H43N3O5Si/c1-6-17-35-27-14-9-23(34-30(37)22-8-7-16-33-20-22)19-26(27)32(31(35)38)21(2)29(28(40-32)15-18-36)41(4,5)25-12-10-24(39-3)11-13-25/h6,9-14,19,21-22,28-29,33,36H,1,7-8,15-18,20H2,2-5H3,(H,34,37)/t21-,22?,28+,29-,32+/m0/s1. The summed E-state index contributed by atoms with van der Waals surface area (Å²) in [6, 6.07) is 13.9. The van der Waals surface area contributed by atoms with Gasteiger partial charge in [-0.25, -0.2) is 0 Å². The molecule has 0 saturated carbocycles. The van der Waals surface area contributed by atoms with Crippen LogP contribution in [-0.2, 0) is 19.9 Å². The van der Waals surface area contributed by atoms with E-state index in [2.05, 4.69) is 49.4 Å². The molecule has 3 heterocycles. The first-order valence-electron chi connectivity index (χ1n) is 14.7. The molecule has 2 amide bonds. The second-order valence-corrected chi connectivity index (χ2v) is 16.8. The van der Waals surface area contributed by atoms with Gasteiger partial charge in [0.05, 0.1) is 32.9 Å². The number of nitrogens with zero attached hydrogens (tertiary/aromatic N) is 1. The summed E-state index contributed by atoms with van der Waals surface area (Å²) in [4.78, 5) is 29.2. The average molecular weight is 578 g/mol. The summed E-state index contributed by atoms with van der Waals surface area (Å²) in [6.45, 7) is 12.6. The maximum atomic E-state index is 14.4. The van der Waals surface area contributed by atoms with Crippen molar-refractivity contribution in [3.63, 3.8) is 0 Å². The van der Waals surface area contributed by atoms with Crippen LogP contribution in [0.3, 0.4) is 0 Å². The van der Waals surface area contributed by atoms with Crippen molar-refractivity contribution in [2.45, 2.75) is 56.5 Å². The Kier molecular flexibility index (Phi) is 8.43. The molecule has 5 atom stereocenters. The van der Waals surface area contributed by atoms with Gasteiger partial charge in [-0.05, 0) is 61.7 Å². The van der Waals surface area contributed by atoms with Crippen molar-refractivity contribution in [3.05, 3.63) is 60.7 Å². The molecule has 220 valence electrons. The molecule has 8 nitrogen and oxygen atoms in total. The van der Waals surface area contributed by atoms with E-state index in [4.69, 9.17) is 9.47 Å². The molecule has 2 fully saturated rings. The highest BCUT2D eigenvalue weighted by atomic mass is 28.3. The average Bonchev–Trinajstić information content (AvgIpc) is 3.40. The van der Waals surface area contributed by atoms with E-state index in [-0.39, 0.29) is 41.9 Å². The molecule has 3 aliphatic heterocycles. The number of benzene rings is 2. The van der Waals surface area contributed by atoms with E-state index >= 15 is 0 Å². The molecule has 1 spiro atoms. The van der Waals surface area contributed by atoms with Crippen molar-refractivity contribution in [1.82, 2.24) is 5.32 Å². The number of methoxy groups -OCH3 is 1. The number of aliphatic hydroxyl groups excluding tert-OH is 1. The van der Waals surface area contributed by atoms with Crippen molar-refractivity contribution in [2.75, 3.05) is 43.6 Å². The van der Waals surface area contributed by atoms with Crippen LogP contribution in [0.5, 0.6) is 5.75 Å².